The maximum Gasteiger partial charge on any atom is 0.313 e. The smallest absolute Gasteiger partial charge is 0.313 e. The Labute approximate surface area is 185 Å². The van der Waals surface area contributed by atoms with Gasteiger partial charge in [-0.3, -0.25) is 9.59 Å². The van der Waals surface area contributed by atoms with Gasteiger partial charge in [0.2, 0.25) is 0 Å². The fraction of sp³-hybridized carbons (Fsp3) is 0.600. The highest BCUT2D eigenvalue weighted by atomic mass is 16.5. The molecule has 31 heavy (non-hydrogen) atoms. The molecule has 0 bridgehead atoms. The van der Waals surface area contributed by atoms with Crippen LogP contribution in [-0.4, -0.2) is 35.2 Å². The van der Waals surface area contributed by atoms with Crippen molar-refractivity contribution < 1.29 is 28.9 Å². The van der Waals surface area contributed by atoms with Gasteiger partial charge < -0.3 is 19.3 Å². The first kappa shape index (κ1) is 24.9. The van der Waals surface area contributed by atoms with Crippen molar-refractivity contribution in [2.75, 3.05) is 6.61 Å². The molecule has 1 aromatic carbocycles. The lowest BCUT2D eigenvalue weighted by Crippen LogP contribution is -2.25. The van der Waals surface area contributed by atoms with E-state index in [0.717, 1.165) is 45.9 Å². The minimum atomic E-state index is -0.839. The molecule has 1 unspecified atom stereocenters. The van der Waals surface area contributed by atoms with E-state index in [1.807, 2.05) is 26.8 Å². The number of allylic oxidation sites excluding steroid dienone is 2. The fourth-order valence-corrected chi connectivity index (χ4v) is 3.95. The van der Waals surface area contributed by atoms with E-state index in [1.54, 1.807) is 6.92 Å². The number of esters is 1. The van der Waals surface area contributed by atoms with Crippen LogP contribution in [0.5, 0.6) is 11.5 Å². The van der Waals surface area contributed by atoms with E-state index >= 15 is 0 Å². The van der Waals surface area contributed by atoms with Gasteiger partial charge in [-0.1, -0.05) is 0 Å². The third-order valence-corrected chi connectivity index (χ3v) is 5.62. The van der Waals surface area contributed by atoms with Gasteiger partial charge in [0.05, 0.1) is 18.5 Å². The molecular formula is C25H36O6. The van der Waals surface area contributed by atoms with Crippen LogP contribution in [0.2, 0.25) is 0 Å². The van der Waals surface area contributed by atoms with Crippen molar-refractivity contribution in [2.45, 2.75) is 92.3 Å². The first-order chi connectivity index (χ1) is 14.5. The standard InChI is InChI=1S/C25H36O6/c1-8-15(3)30-23-16(4)20(24-21(17(23)5)14-25(6,7)31-24)11-10-18(26)12-19(27)13-22(28)29-9-2/h8,18,26H,9-14H2,1-7H3. The summed E-state index contributed by atoms with van der Waals surface area (Å²) in [5.41, 5.74) is 3.89. The Bertz CT molecular complexity index is 865. The Balaban J connectivity index is 2.22. The van der Waals surface area contributed by atoms with Crippen molar-refractivity contribution in [1.29, 1.82) is 0 Å². The molecule has 0 amide bonds. The molecule has 1 N–H and O–H groups in total. The van der Waals surface area contributed by atoms with Gasteiger partial charge in [0.25, 0.3) is 0 Å². The average molecular weight is 433 g/mol. The normalized spacial score (nSPS) is 15.8. The summed E-state index contributed by atoms with van der Waals surface area (Å²) in [4.78, 5) is 23.5. The number of benzene rings is 1. The number of ether oxygens (including phenoxy) is 3. The van der Waals surface area contributed by atoms with Crippen molar-refractivity contribution in [2.24, 2.45) is 0 Å². The van der Waals surface area contributed by atoms with E-state index in [-0.39, 0.29) is 30.8 Å². The maximum absolute atomic E-state index is 12.0. The zero-order valence-electron chi connectivity index (χ0n) is 19.9. The van der Waals surface area contributed by atoms with Crippen LogP contribution in [0, 0.1) is 13.8 Å². The minimum Gasteiger partial charge on any atom is -0.487 e. The van der Waals surface area contributed by atoms with Gasteiger partial charge in [-0.05, 0) is 78.5 Å². The van der Waals surface area contributed by atoms with Crippen LogP contribution in [0.1, 0.15) is 76.1 Å². The molecular weight excluding hydrogens is 396 g/mol. The summed E-state index contributed by atoms with van der Waals surface area (Å²) in [5, 5.41) is 10.4. The van der Waals surface area contributed by atoms with Crippen LogP contribution in [-0.2, 0) is 27.2 Å². The first-order valence-electron chi connectivity index (χ1n) is 11.0. The fourth-order valence-electron chi connectivity index (χ4n) is 3.95. The molecule has 0 fully saturated rings. The molecule has 1 aromatic rings. The molecule has 2 rings (SSSR count). The summed E-state index contributed by atoms with van der Waals surface area (Å²) in [6.07, 6.45) is 2.43. The van der Waals surface area contributed by atoms with Crippen molar-refractivity contribution in [1.82, 2.24) is 0 Å². The summed E-state index contributed by atoms with van der Waals surface area (Å²) >= 11 is 0. The summed E-state index contributed by atoms with van der Waals surface area (Å²) in [6.45, 7) is 14.0. The van der Waals surface area contributed by atoms with E-state index in [2.05, 4.69) is 20.8 Å². The van der Waals surface area contributed by atoms with Gasteiger partial charge in [0.15, 0.2) is 0 Å². The molecule has 6 heteroatoms. The van der Waals surface area contributed by atoms with E-state index in [9.17, 15) is 14.7 Å². The molecule has 0 aliphatic carbocycles. The Morgan fingerprint density at radius 3 is 2.55 bits per heavy atom. The van der Waals surface area contributed by atoms with Crippen LogP contribution < -0.4 is 9.47 Å². The number of fused-ring (bicyclic) bond motifs is 1. The van der Waals surface area contributed by atoms with Crippen molar-refractivity contribution in [3.63, 3.8) is 0 Å². The first-order valence-corrected chi connectivity index (χ1v) is 11.0. The van der Waals surface area contributed by atoms with Gasteiger partial charge in [0, 0.05) is 24.0 Å². The number of carbonyl (C=O) groups excluding carboxylic acids is 2. The predicted molar refractivity (Wildman–Crippen MR) is 120 cm³/mol. The lowest BCUT2D eigenvalue weighted by Gasteiger charge is -2.21. The van der Waals surface area contributed by atoms with Gasteiger partial charge in [-0.15, -0.1) is 0 Å². The van der Waals surface area contributed by atoms with Crippen molar-refractivity contribution in [3.05, 3.63) is 34.1 Å². The zero-order chi connectivity index (χ0) is 23.3. The van der Waals surface area contributed by atoms with Gasteiger partial charge in [-0.2, -0.15) is 0 Å². The predicted octanol–water partition coefficient (Wildman–Crippen LogP) is 4.53. The van der Waals surface area contributed by atoms with Gasteiger partial charge in [0.1, 0.15) is 29.3 Å². The summed E-state index contributed by atoms with van der Waals surface area (Å²) < 4.78 is 17.2. The second-order valence-electron chi connectivity index (χ2n) is 8.82. The third kappa shape index (κ3) is 6.33. The quantitative estimate of drug-likeness (QED) is 0.332. The third-order valence-electron chi connectivity index (χ3n) is 5.62. The van der Waals surface area contributed by atoms with Crippen molar-refractivity contribution in [3.8, 4) is 11.5 Å². The second-order valence-corrected chi connectivity index (χ2v) is 8.82. The molecule has 0 spiro atoms. The molecule has 0 saturated heterocycles. The SMILES string of the molecule is CC=C(C)Oc1c(C)c(CCC(O)CC(=O)CC(=O)OCC)c2c(c1C)CC(C)(C)O2. The van der Waals surface area contributed by atoms with E-state index in [4.69, 9.17) is 14.2 Å². The summed E-state index contributed by atoms with van der Waals surface area (Å²) in [5.74, 6) is 1.65. The topological polar surface area (TPSA) is 82.1 Å². The van der Waals surface area contributed by atoms with E-state index < -0.39 is 12.1 Å². The molecule has 0 aromatic heterocycles. The molecule has 1 aliphatic rings. The lowest BCUT2D eigenvalue weighted by atomic mass is 9.90. The molecule has 6 nitrogen and oxygen atoms in total. The molecule has 172 valence electrons. The Hall–Kier alpha value is -2.34. The highest BCUT2D eigenvalue weighted by molar-refractivity contribution is 5.95. The van der Waals surface area contributed by atoms with E-state index in [1.165, 1.54) is 0 Å². The van der Waals surface area contributed by atoms with Gasteiger partial charge >= 0.3 is 5.97 Å². The number of hydrogen-bond donors (Lipinski definition) is 1. The number of aliphatic hydroxyl groups excluding tert-OH is 1. The van der Waals surface area contributed by atoms with E-state index in [0.29, 0.717) is 12.8 Å². The van der Waals surface area contributed by atoms with Crippen LogP contribution in [0.15, 0.2) is 11.8 Å². The second kappa shape index (κ2) is 10.3. The Morgan fingerprint density at radius 1 is 1.26 bits per heavy atom. The van der Waals surface area contributed by atoms with Crippen molar-refractivity contribution >= 4 is 11.8 Å². The number of carbonyl (C=O) groups is 2. The summed E-state index contributed by atoms with van der Waals surface area (Å²) in [7, 11) is 0. The molecule has 1 aliphatic heterocycles. The number of aliphatic hydroxyl groups is 1. The number of rotatable bonds is 10. The highest BCUT2D eigenvalue weighted by Gasteiger charge is 2.35. The lowest BCUT2D eigenvalue weighted by molar-refractivity contribution is -0.145. The minimum absolute atomic E-state index is 0.0701. The zero-order valence-corrected chi connectivity index (χ0v) is 19.9. The van der Waals surface area contributed by atoms with Gasteiger partial charge in [-0.25, -0.2) is 0 Å². The Kier molecular flexibility index (Phi) is 8.29. The largest absolute Gasteiger partial charge is 0.487 e. The molecule has 1 atom stereocenters. The number of Topliss-reactive ketones (excluding diaryl/α,β-unsaturated/α-hetero) is 1. The van der Waals surface area contributed by atoms with Crippen LogP contribution >= 0.6 is 0 Å². The van der Waals surface area contributed by atoms with Crippen LogP contribution in [0.25, 0.3) is 0 Å². The number of hydrogen-bond acceptors (Lipinski definition) is 6. The maximum atomic E-state index is 12.0. The molecule has 1 heterocycles. The summed E-state index contributed by atoms with van der Waals surface area (Å²) in [6, 6.07) is 0. The number of ketones is 1. The molecule has 0 saturated carbocycles. The van der Waals surface area contributed by atoms with Crippen LogP contribution in [0.4, 0.5) is 0 Å². The highest BCUT2D eigenvalue weighted by Crippen LogP contribution is 2.46. The Morgan fingerprint density at radius 2 is 1.94 bits per heavy atom. The molecule has 0 radical (unpaired) electrons. The monoisotopic (exact) mass is 432 g/mol. The van der Waals surface area contributed by atoms with Crippen LogP contribution in [0.3, 0.4) is 0 Å². The average Bonchev–Trinajstić information content (AvgIpc) is 3.00.